The zero-order chi connectivity index (χ0) is 21.1. The molecule has 3 aromatic rings. The highest BCUT2D eigenvalue weighted by Crippen LogP contribution is 2.35. The molecule has 0 amide bonds. The van der Waals surface area contributed by atoms with Crippen molar-refractivity contribution in [1.82, 2.24) is 9.71 Å². The van der Waals surface area contributed by atoms with Gasteiger partial charge in [0.25, 0.3) is 0 Å². The second kappa shape index (κ2) is 8.53. The molecule has 0 bridgehead atoms. The van der Waals surface area contributed by atoms with Crippen molar-refractivity contribution < 1.29 is 13.2 Å². The molecule has 0 fully saturated rings. The van der Waals surface area contributed by atoms with Crippen LogP contribution >= 0.6 is 11.6 Å². The normalized spacial score (nSPS) is 13.1. The molecule has 29 heavy (non-hydrogen) atoms. The molecular formula is C22H23ClN2O3S. The monoisotopic (exact) mass is 430 g/mol. The van der Waals surface area contributed by atoms with Crippen LogP contribution in [-0.2, 0) is 15.4 Å². The van der Waals surface area contributed by atoms with E-state index in [0.29, 0.717) is 5.75 Å². The lowest BCUT2D eigenvalue weighted by Gasteiger charge is -2.31. The number of benzene rings is 2. The lowest BCUT2D eigenvalue weighted by atomic mass is 9.83. The van der Waals surface area contributed by atoms with Gasteiger partial charge in [-0.1, -0.05) is 56.3 Å². The number of methoxy groups -OCH3 is 1. The van der Waals surface area contributed by atoms with Crippen molar-refractivity contribution in [3.63, 3.8) is 0 Å². The van der Waals surface area contributed by atoms with Gasteiger partial charge in [-0.15, -0.1) is 11.6 Å². The number of halogens is 1. The molecule has 0 saturated carbocycles. The number of aromatic nitrogens is 1. The number of nitrogens with zero attached hydrogens (tertiary/aromatic N) is 1. The average Bonchev–Trinajstić information content (AvgIpc) is 2.74. The third-order valence-corrected chi connectivity index (χ3v) is 7.09. The van der Waals surface area contributed by atoms with Crippen molar-refractivity contribution in [2.24, 2.45) is 0 Å². The van der Waals surface area contributed by atoms with Crippen LogP contribution in [0.25, 0.3) is 11.1 Å². The summed E-state index contributed by atoms with van der Waals surface area (Å²) >= 11 is 6.57. The minimum atomic E-state index is -3.73. The second-order valence-electron chi connectivity index (χ2n) is 7.18. The number of rotatable bonds is 7. The summed E-state index contributed by atoms with van der Waals surface area (Å²) in [6.45, 7) is 3.81. The standard InChI is InChI=1S/C22H23ClN2O3S/c1-22(2,21(23)25-29(26,27)18-10-5-4-6-11-18)17-9-7-8-16(14-17)19-12-13-24-15-20(19)28-3/h4-15,21,25H,1-3H3. The second-order valence-corrected chi connectivity index (χ2v) is 9.33. The molecule has 2 aromatic carbocycles. The Labute approximate surface area is 176 Å². The Hall–Kier alpha value is -2.41. The molecule has 1 heterocycles. The number of alkyl halides is 1. The van der Waals surface area contributed by atoms with Gasteiger partial charge in [-0.25, -0.2) is 8.42 Å². The zero-order valence-corrected chi connectivity index (χ0v) is 18.0. The van der Waals surface area contributed by atoms with Gasteiger partial charge in [0.05, 0.1) is 18.2 Å². The van der Waals surface area contributed by atoms with E-state index in [0.717, 1.165) is 16.7 Å². The molecule has 5 nitrogen and oxygen atoms in total. The number of pyridine rings is 1. The van der Waals surface area contributed by atoms with Crippen LogP contribution in [0.15, 0.2) is 78.0 Å². The van der Waals surface area contributed by atoms with E-state index in [1.165, 1.54) is 12.1 Å². The Morgan fingerprint density at radius 2 is 1.79 bits per heavy atom. The molecule has 1 aromatic heterocycles. The van der Waals surface area contributed by atoms with Crippen molar-refractivity contribution in [2.75, 3.05) is 7.11 Å². The third-order valence-electron chi connectivity index (χ3n) is 4.87. The summed E-state index contributed by atoms with van der Waals surface area (Å²) in [7, 11) is -2.14. The summed E-state index contributed by atoms with van der Waals surface area (Å²) in [4.78, 5) is 4.26. The molecule has 7 heteroatoms. The zero-order valence-electron chi connectivity index (χ0n) is 16.5. The molecule has 0 spiro atoms. The van der Waals surface area contributed by atoms with Gasteiger partial charge in [-0.05, 0) is 29.3 Å². The topological polar surface area (TPSA) is 68.3 Å². The fraction of sp³-hybridized carbons (Fsp3) is 0.227. The van der Waals surface area contributed by atoms with E-state index in [-0.39, 0.29) is 4.90 Å². The van der Waals surface area contributed by atoms with Crippen molar-refractivity contribution in [3.8, 4) is 16.9 Å². The maximum Gasteiger partial charge on any atom is 0.241 e. The van der Waals surface area contributed by atoms with E-state index in [1.807, 2.05) is 44.2 Å². The molecule has 0 aliphatic heterocycles. The molecule has 0 radical (unpaired) electrons. The van der Waals surface area contributed by atoms with Gasteiger partial charge >= 0.3 is 0 Å². The highest BCUT2D eigenvalue weighted by molar-refractivity contribution is 7.89. The highest BCUT2D eigenvalue weighted by atomic mass is 35.5. The number of sulfonamides is 1. The first kappa shape index (κ1) is 21.3. The summed E-state index contributed by atoms with van der Waals surface area (Å²) in [6.07, 6.45) is 3.36. The van der Waals surface area contributed by atoms with Crippen molar-refractivity contribution in [3.05, 3.63) is 78.6 Å². The smallest absolute Gasteiger partial charge is 0.241 e. The van der Waals surface area contributed by atoms with Gasteiger partial charge in [-0.3, -0.25) is 4.98 Å². The van der Waals surface area contributed by atoms with Crippen molar-refractivity contribution in [2.45, 2.75) is 29.7 Å². The van der Waals surface area contributed by atoms with Crippen LogP contribution in [0.5, 0.6) is 5.75 Å². The lowest BCUT2D eigenvalue weighted by Crippen LogP contribution is -2.43. The average molecular weight is 431 g/mol. The Bertz CT molecular complexity index is 1090. The Kier molecular flexibility index (Phi) is 6.27. The van der Waals surface area contributed by atoms with Gasteiger partial charge in [0, 0.05) is 17.2 Å². The minimum Gasteiger partial charge on any atom is -0.494 e. The first-order valence-electron chi connectivity index (χ1n) is 9.06. The molecular weight excluding hydrogens is 408 g/mol. The van der Waals surface area contributed by atoms with E-state index in [9.17, 15) is 8.42 Å². The first-order chi connectivity index (χ1) is 13.8. The van der Waals surface area contributed by atoms with Crippen LogP contribution in [0, 0.1) is 0 Å². The number of hydrogen-bond donors (Lipinski definition) is 1. The Morgan fingerprint density at radius 3 is 2.48 bits per heavy atom. The van der Waals surface area contributed by atoms with Crippen LogP contribution in [0.1, 0.15) is 19.4 Å². The number of nitrogens with one attached hydrogen (secondary N) is 1. The van der Waals surface area contributed by atoms with E-state index in [1.54, 1.807) is 37.7 Å². The summed E-state index contributed by atoms with van der Waals surface area (Å²) in [5, 5.41) is 0. The molecule has 3 rings (SSSR count). The molecule has 0 aliphatic carbocycles. The fourth-order valence-corrected chi connectivity index (χ4v) is 4.66. The fourth-order valence-electron chi connectivity index (χ4n) is 2.97. The maximum atomic E-state index is 12.7. The molecule has 152 valence electrons. The van der Waals surface area contributed by atoms with Crippen LogP contribution in [0.2, 0.25) is 0 Å². The largest absolute Gasteiger partial charge is 0.494 e. The van der Waals surface area contributed by atoms with E-state index in [4.69, 9.17) is 16.3 Å². The van der Waals surface area contributed by atoms with Gasteiger partial charge in [0.2, 0.25) is 10.0 Å². The van der Waals surface area contributed by atoms with Crippen LogP contribution < -0.4 is 9.46 Å². The minimum absolute atomic E-state index is 0.178. The molecule has 1 N–H and O–H groups in total. The van der Waals surface area contributed by atoms with Gasteiger partial charge in [0.15, 0.2) is 0 Å². The number of ether oxygens (including phenoxy) is 1. The lowest BCUT2D eigenvalue weighted by molar-refractivity contribution is 0.414. The Balaban J connectivity index is 1.91. The summed E-state index contributed by atoms with van der Waals surface area (Å²) in [5.74, 6) is 0.662. The third kappa shape index (κ3) is 4.61. The van der Waals surface area contributed by atoms with Crippen LogP contribution in [0.3, 0.4) is 0 Å². The Morgan fingerprint density at radius 1 is 1.07 bits per heavy atom. The van der Waals surface area contributed by atoms with Gasteiger partial charge in [0.1, 0.15) is 11.3 Å². The van der Waals surface area contributed by atoms with E-state index in [2.05, 4.69) is 9.71 Å². The summed E-state index contributed by atoms with van der Waals surface area (Å²) in [6, 6.07) is 17.9. The van der Waals surface area contributed by atoms with E-state index >= 15 is 0 Å². The number of hydrogen-bond acceptors (Lipinski definition) is 4. The van der Waals surface area contributed by atoms with Crippen LogP contribution in [0.4, 0.5) is 0 Å². The van der Waals surface area contributed by atoms with E-state index < -0.39 is 20.9 Å². The van der Waals surface area contributed by atoms with Crippen molar-refractivity contribution in [1.29, 1.82) is 0 Å². The predicted octanol–water partition coefficient (Wildman–Crippen LogP) is 4.58. The van der Waals surface area contributed by atoms with Gasteiger partial charge in [-0.2, -0.15) is 4.72 Å². The predicted molar refractivity (Wildman–Crippen MR) is 116 cm³/mol. The molecule has 0 aliphatic rings. The van der Waals surface area contributed by atoms with Crippen molar-refractivity contribution >= 4 is 21.6 Å². The van der Waals surface area contributed by atoms with Gasteiger partial charge < -0.3 is 4.74 Å². The molecule has 0 saturated heterocycles. The highest BCUT2D eigenvalue weighted by Gasteiger charge is 2.33. The van der Waals surface area contributed by atoms with Crippen LogP contribution in [-0.4, -0.2) is 26.0 Å². The summed E-state index contributed by atoms with van der Waals surface area (Å²) < 4.78 is 33.4. The maximum absolute atomic E-state index is 12.7. The SMILES string of the molecule is COc1cnccc1-c1cccc(C(C)(C)C(Cl)NS(=O)(=O)c2ccccc2)c1. The summed E-state index contributed by atoms with van der Waals surface area (Å²) in [5.41, 5.74) is 1.19. The molecule has 1 atom stereocenters. The molecule has 1 unspecified atom stereocenters. The first-order valence-corrected chi connectivity index (χ1v) is 11.0. The quantitative estimate of drug-likeness (QED) is 0.440.